The van der Waals surface area contributed by atoms with Crippen LogP contribution in [0.2, 0.25) is 0 Å². The lowest BCUT2D eigenvalue weighted by Crippen LogP contribution is -2.39. The third-order valence-corrected chi connectivity index (χ3v) is 3.29. The van der Waals surface area contributed by atoms with E-state index in [0.29, 0.717) is 0 Å². The number of amides is 1. The van der Waals surface area contributed by atoms with Crippen molar-refractivity contribution in [2.45, 2.75) is 31.6 Å². The second-order valence-corrected chi connectivity index (χ2v) is 5.04. The Balaban J connectivity index is 4.39. The maximum Gasteiger partial charge on any atom is 0.227 e. The number of carbonyl (C=O) groups is 1. The van der Waals surface area contributed by atoms with Crippen molar-refractivity contribution in [3.63, 3.8) is 0 Å². The van der Waals surface area contributed by atoms with Crippen LogP contribution in [0.5, 0.6) is 0 Å². The number of hydrogen-bond donors (Lipinski definition) is 2. The number of nitrogens with one attached hydrogen (secondary N) is 1. The highest BCUT2D eigenvalue weighted by Gasteiger charge is 2.22. The summed E-state index contributed by atoms with van der Waals surface area (Å²) in [7, 11) is -3.67. The smallest absolute Gasteiger partial charge is 0.227 e. The molecule has 0 radical (unpaired) electrons. The van der Waals surface area contributed by atoms with E-state index in [2.05, 4.69) is 4.72 Å². The fraction of sp³-hybridized carbons (Fsp3) is 0.714. The van der Waals surface area contributed by atoms with Gasteiger partial charge in [-0.3, -0.25) is 4.79 Å². The Kier molecular flexibility index (Phi) is 4.53. The van der Waals surface area contributed by atoms with Crippen molar-refractivity contribution in [2.24, 2.45) is 5.73 Å². The summed E-state index contributed by atoms with van der Waals surface area (Å²) >= 11 is 0. The van der Waals surface area contributed by atoms with Gasteiger partial charge in [0.05, 0.1) is 6.07 Å². The minimum absolute atomic E-state index is 0.0859. The second-order valence-electron chi connectivity index (χ2n) is 3.01. The normalized spacial score (nSPS) is 15.5. The predicted molar refractivity (Wildman–Crippen MR) is 50.4 cm³/mol. The number of sulfonamides is 1. The molecule has 0 saturated heterocycles. The summed E-state index contributed by atoms with van der Waals surface area (Å²) in [6, 6.07) is 1.01. The molecule has 2 unspecified atom stereocenters. The van der Waals surface area contributed by atoms with Crippen LogP contribution >= 0.6 is 0 Å². The molecule has 0 aromatic heterocycles. The summed E-state index contributed by atoms with van der Waals surface area (Å²) < 4.78 is 24.7. The molecule has 0 aromatic rings. The van der Waals surface area contributed by atoms with Gasteiger partial charge in [-0.1, -0.05) is 0 Å². The average molecular weight is 219 g/mol. The van der Waals surface area contributed by atoms with Crippen molar-refractivity contribution >= 4 is 15.9 Å². The first-order chi connectivity index (χ1) is 6.29. The summed E-state index contributed by atoms with van der Waals surface area (Å²) in [6.45, 7) is 2.77. The highest BCUT2D eigenvalue weighted by molar-refractivity contribution is 7.90. The van der Waals surface area contributed by atoms with Gasteiger partial charge in [-0.2, -0.15) is 5.26 Å². The van der Waals surface area contributed by atoms with Crippen LogP contribution in [0.25, 0.3) is 0 Å². The predicted octanol–water partition coefficient (Wildman–Crippen LogP) is -0.918. The average Bonchev–Trinajstić information content (AvgIpc) is 1.99. The molecule has 0 aliphatic rings. The lowest BCUT2D eigenvalue weighted by atomic mass is 10.2. The van der Waals surface area contributed by atoms with Crippen molar-refractivity contribution in [2.75, 3.05) is 0 Å². The molecule has 0 bridgehead atoms. The summed E-state index contributed by atoms with van der Waals surface area (Å²) in [5, 5.41) is 7.26. The molecule has 0 fully saturated rings. The Morgan fingerprint density at radius 3 is 2.43 bits per heavy atom. The Labute approximate surface area is 83.1 Å². The molecule has 14 heavy (non-hydrogen) atoms. The number of nitriles is 1. The molecule has 0 aromatic carbocycles. The van der Waals surface area contributed by atoms with E-state index >= 15 is 0 Å². The van der Waals surface area contributed by atoms with E-state index in [1.807, 2.05) is 0 Å². The molecule has 3 N–H and O–H groups in total. The Bertz CT molecular complexity index is 344. The number of nitrogens with two attached hydrogens (primary N) is 1. The fourth-order valence-electron chi connectivity index (χ4n) is 0.795. The monoisotopic (exact) mass is 219 g/mol. The maximum atomic E-state index is 11.3. The van der Waals surface area contributed by atoms with Crippen LogP contribution in [-0.2, 0) is 14.8 Å². The van der Waals surface area contributed by atoms with Gasteiger partial charge in [0.2, 0.25) is 15.9 Å². The van der Waals surface area contributed by atoms with Gasteiger partial charge in [0.15, 0.2) is 5.25 Å². The third-order valence-electron chi connectivity index (χ3n) is 1.52. The molecule has 6 nitrogen and oxygen atoms in total. The van der Waals surface area contributed by atoms with Crippen LogP contribution in [0.1, 0.15) is 20.3 Å². The lowest BCUT2D eigenvalue weighted by Gasteiger charge is -2.13. The van der Waals surface area contributed by atoms with Crippen molar-refractivity contribution in [3.05, 3.63) is 0 Å². The third kappa shape index (κ3) is 4.20. The molecular weight excluding hydrogens is 206 g/mol. The van der Waals surface area contributed by atoms with E-state index in [9.17, 15) is 13.2 Å². The van der Waals surface area contributed by atoms with Crippen molar-refractivity contribution in [1.29, 1.82) is 5.26 Å². The SMILES string of the molecule is CC(CC(N)=O)NS(=O)(=O)C(C)C#N. The van der Waals surface area contributed by atoms with E-state index < -0.39 is 27.2 Å². The summed E-state index contributed by atoms with van der Waals surface area (Å²) in [5.74, 6) is -0.593. The topological polar surface area (TPSA) is 113 Å². The van der Waals surface area contributed by atoms with Crippen LogP contribution in [0, 0.1) is 11.3 Å². The highest BCUT2D eigenvalue weighted by Crippen LogP contribution is 2.00. The number of carbonyl (C=O) groups excluding carboxylic acids is 1. The van der Waals surface area contributed by atoms with E-state index in [4.69, 9.17) is 11.0 Å². The van der Waals surface area contributed by atoms with Gasteiger partial charge in [-0.05, 0) is 13.8 Å². The van der Waals surface area contributed by atoms with Gasteiger partial charge < -0.3 is 5.73 Å². The highest BCUT2D eigenvalue weighted by atomic mass is 32.2. The summed E-state index contributed by atoms with van der Waals surface area (Å²) in [4.78, 5) is 10.5. The largest absolute Gasteiger partial charge is 0.370 e. The molecule has 0 aliphatic carbocycles. The van der Waals surface area contributed by atoms with Crippen LogP contribution in [0.4, 0.5) is 0 Å². The number of primary amides is 1. The molecule has 0 heterocycles. The van der Waals surface area contributed by atoms with E-state index in [1.165, 1.54) is 13.8 Å². The van der Waals surface area contributed by atoms with Crippen LogP contribution in [0.15, 0.2) is 0 Å². The zero-order valence-corrected chi connectivity index (χ0v) is 8.84. The zero-order chi connectivity index (χ0) is 11.4. The molecule has 0 spiro atoms. The van der Waals surface area contributed by atoms with Gasteiger partial charge in [-0.15, -0.1) is 0 Å². The molecule has 0 saturated carbocycles. The van der Waals surface area contributed by atoms with Crippen LogP contribution in [-0.4, -0.2) is 25.6 Å². The van der Waals surface area contributed by atoms with Gasteiger partial charge in [0.25, 0.3) is 0 Å². The van der Waals surface area contributed by atoms with E-state index in [0.717, 1.165) is 0 Å². The molecule has 0 aliphatic heterocycles. The number of nitrogens with zero attached hydrogens (tertiary/aromatic N) is 1. The van der Waals surface area contributed by atoms with Crippen molar-refractivity contribution in [1.82, 2.24) is 4.72 Å². The lowest BCUT2D eigenvalue weighted by molar-refractivity contribution is -0.118. The van der Waals surface area contributed by atoms with Crippen molar-refractivity contribution < 1.29 is 13.2 Å². The maximum absolute atomic E-state index is 11.3. The van der Waals surface area contributed by atoms with Crippen LogP contribution < -0.4 is 10.5 Å². The summed E-state index contributed by atoms with van der Waals surface area (Å²) in [6.07, 6.45) is -0.0859. The molecule has 7 heteroatoms. The number of rotatable bonds is 5. The standard InChI is InChI=1S/C7H13N3O3S/c1-5(3-7(9)11)10-14(12,13)6(2)4-8/h5-6,10H,3H2,1-2H3,(H2,9,11). The fourth-order valence-corrected chi connectivity index (χ4v) is 1.78. The first kappa shape index (κ1) is 12.9. The molecule has 0 rings (SSSR count). The van der Waals surface area contributed by atoms with E-state index in [-0.39, 0.29) is 6.42 Å². The molecular formula is C7H13N3O3S. The Morgan fingerprint density at radius 1 is 1.57 bits per heavy atom. The molecule has 80 valence electrons. The Morgan fingerprint density at radius 2 is 2.07 bits per heavy atom. The quantitative estimate of drug-likeness (QED) is 0.622. The van der Waals surface area contributed by atoms with Crippen LogP contribution in [0.3, 0.4) is 0 Å². The van der Waals surface area contributed by atoms with E-state index in [1.54, 1.807) is 6.07 Å². The van der Waals surface area contributed by atoms with Gasteiger partial charge in [-0.25, -0.2) is 13.1 Å². The van der Waals surface area contributed by atoms with Crippen molar-refractivity contribution in [3.8, 4) is 6.07 Å². The van der Waals surface area contributed by atoms with Gasteiger partial charge in [0, 0.05) is 12.5 Å². The molecule has 1 amide bonds. The summed E-state index contributed by atoms with van der Waals surface area (Å²) in [5.41, 5.74) is 4.88. The Hall–Kier alpha value is -1.13. The number of hydrogen-bond acceptors (Lipinski definition) is 4. The van der Waals surface area contributed by atoms with Gasteiger partial charge in [0.1, 0.15) is 0 Å². The molecule has 2 atom stereocenters. The first-order valence-corrected chi connectivity index (χ1v) is 5.53. The van der Waals surface area contributed by atoms with Gasteiger partial charge >= 0.3 is 0 Å². The second kappa shape index (κ2) is 4.93. The zero-order valence-electron chi connectivity index (χ0n) is 8.02. The minimum Gasteiger partial charge on any atom is -0.370 e. The minimum atomic E-state index is -3.67. The first-order valence-electron chi connectivity index (χ1n) is 3.98.